The zero-order valence-electron chi connectivity index (χ0n) is 13.9. The Bertz CT molecular complexity index is 598. The first kappa shape index (κ1) is 19.4. The molecule has 0 aliphatic carbocycles. The average Bonchev–Trinajstić information content (AvgIpc) is 2.52. The van der Waals surface area contributed by atoms with Gasteiger partial charge in [-0.15, -0.1) is 0 Å². The molecule has 130 valence electrons. The first-order valence-electron chi connectivity index (χ1n) is 7.46. The lowest BCUT2D eigenvalue weighted by Crippen LogP contribution is -2.34. The maximum Gasteiger partial charge on any atom is 0.240 e. The van der Waals surface area contributed by atoms with Gasteiger partial charge < -0.3 is 15.8 Å². The van der Waals surface area contributed by atoms with Crippen molar-refractivity contribution in [2.45, 2.75) is 25.3 Å². The summed E-state index contributed by atoms with van der Waals surface area (Å²) in [6.45, 7) is 5.84. The molecular formula is C15H26N4O3S. The van der Waals surface area contributed by atoms with Crippen LogP contribution in [0, 0.1) is 5.92 Å². The summed E-state index contributed by atoms with van der Waals surface area (Å²) in [6, 6.07) is 6.61. The van der Waals surface area contributed by atoms with E-state index in [4.69, 9.17) is 10.5 Å². The lowest BCUT2D eigenvalue weighted by molar-refractivity contribution is 0.204. The van der Waals surface area contributed by atoms with Crippen molar-refractivity contribution >= 4 is 16.0 Å². The molecule has 8 heteroatoms. The minimum atomic E-state index is -3.46. The van der Waals surface area contributed by atoms with Gasteiger partial charge in [-0.3, -0.25) is 0 Å². The standard InChI is InChI=1S/C15H26N4O3S/c1-12(2)10-19-23(20,21)14-6-4-13(5-7-14)11-18-15(16)17-8-9-22-3/h4-7,12,19H,8-11H2,1-3H3,(H3,16,17,18). The van der Waals surface area contributed by atoms with Gasteiger partial charge in [-0.05, 0) is 23.6 Å². The van der Waals surface area contributed by atoms with Crippen molar-refractivity contribution in [2.24, 2.45) is 16.6 Å². The van der Waals surface area contributed by atoms with E-state index >= 15 is 0 Å². The van der Waals surface area contributed by atoms with Gasteiger partial charge >= 0.3 is 0 Å². The van der Waals surface area contributed by atoms with Gasteiger partial charge in [-0.1, -0.05) is 26.0 Å². The van der Waals surface area contributed by atoms with E-state index in [1.54, 1.807) is 31.4 Å². The number of aliphatic imine (C=N–C) groups is 1. The number of nitrogens with two attached hydrogens (primary N) is 1. The van der Waals surface area contributed by atoms with Crippen LogP contribution in [-0.4, -0.2) is 41.2 Å². The molecule has 0 aromatic heterocycles. The van der Waals surface area contributed by atoms with E-state index in [1.165, 1.54) is 0 Å². The zero-order chi connectivity index (χ0) is 17.3. The van der Waals surface area contributed by atoms with Crippen LogP contribution in [0.5, 0.6) is 0 Å². The van der Waals surface area contributed by atoms with E-state index in [2.05, 4.69) is 15.0 Å². The third-order valence-corrected chi connectivity index (χ3v) is 4.40. The molecule has 0 saturated heterocycles. The van der Waals surface area contributed by atoms with Crippen LogP contribution in [0.1, 0.15) is 19.4 Å². The number of benzene rings is 1. The van der Waals surface area contributed by atoms with E-state index in [-0.39, 0.29) is 10.8 Å². The summed E-state index contributed by atoms with van der Waals surface area (Å²) >= 11 is 0. The first-order valence-corrected chi connectivity index (χ1v) is 8.95. The van der Waals surface area contributed by atoms with Crippen LogP contribution in [0.25, 0.3) is 0 Å². The van der Waals surface area contributed by atoms with Gasteiger partial charge in [0.2, 0.25) is 10.0 Å². The van der Waals surface area contributed by atoms with E-state index in [1.807, 2.05) is 13.8 Å². The van der Waals surface area contributed by atoms with Crippen molar-refractivity contribution in [3.05, 3.63) is 29.8 Å². The number of hydrogen-bond donors (Lipinski definition) is 3. The summed E-state index contributed by atoms with van der Waals surface area (Å²) in [7, 11) is -1.84. The molecule has 0 atom stereocenters. The van der Waals surface area contributed by atoms with Crippen LogP contribution in [0.3, 0.4) is 0 Å². The molecule has 23 heavy (non-hydrogen) atoms. The van der Waals surface area contributed by atoms with Crippen LogP contribution in [-0.2, 0) is 21.3 Å². The van der Waals surface area contributed by atoms with Gasteiger partial charge in [-0.2, -0.15) is 0 Å². The normalized spacial score (nSPS) is 12.6. The summed E-state index contributed by atoms with van der Waals surface area (Å²) in [5, 5.41) is 2.91. The second-order valence-electron chi connectivity index (χ2n) is 5.51. The number of hydrogen-bond acceptors (Lipinski definition) is 4. The predicted octanol–water partition coefficient (Wildman–Crippen LogP) is 0.672. The van der Waals surface area contributed by atoms with Crippen molar-refractivity contribution in [3.8, 4) is 0 Å². The molecule has 0 amide bonds. The van der Waals surface area contributed by atoms with E-state index in [0.717, 1.165) is 5.56 Å². The highest BCUT2D eigenvalue weighted by atomic mass is 32.2. The molecule has 0 unspecified atom stereocenters. The van der Waals surface area contributed by atoms with E-state index in [0.29, 0.717) is 32.2 Å². The molecule has 0 saturated carbocycles. The Balaban J connectivity index is 2.61. The molecule has 0 aliphatic heterocycles. The highest BCUT2D eigenvalue weighted by Gasteiger charge is 2.13. The van der Waals surface area contributed by atoms with Gasteiger partial charge in [-0.25, -0.2) is 18.1 Å². The molecule has 0 heterocycles. The minimum Gasteiger partial charge on any atom is -0.383 e. The third kappa shape index (κ3) is 7.45. The summed E-state index contributed by atoms with van der Waals surface area (Å²) in [5.41, 5.74) is 6.59. The lowest BCUT2D eigenvalue weighted by atomic mass is 10.2. The SMILES string of the molecule is COCCNC(N)=NCc1ccc(S(=O)(=O)NCC(C)C)cc1. The van der Waals surface area contributed by atoms with Gasteiger partial charge in [0.1, 0.15) is 0 Å². The second kappa shape index (κ2) is 9.49. The largest absolute Gasteiger partial charge is 0.383 e. The number of sulfonamides is 1. The molecular weight excluding hydrogens is 316 g/mol. The summed E-state index contributed by atoms with van der Waals surface area (Å²) in [6.07, 6.45) is 0. The molecule has 1 rings (SSSR count). The van der Waals surface area contributed by atoms with Crippen LogP contribution < -0.4 is 15.8 Å². The van der Waals surface area contributed by atoms with E-state index < -0.39 is 10.0 Å². The molecule has 0 spiro atoms. The number of rotatable bonds is 9. The van der Waals surface area contributed by atoms with Crippen molar-refractivity contribution < 1.29 is 13.2 Å². The minimum absolute atomic E-state index is 0.247. The Morgan fingerprint density at radius 2 is 1.96 bits per heavy atom. The highest BCUT2D eigenvalue weighted by Crippen LogP contribution is 2.11. The zero-order valence-corrected chi connectivity index (χ0v) is 14.7. The second-order valence-corrected chi connectivity index (χ2v) is 7.28. The van der Waals surface area contributed by atoms with Crippen molar-refractivity contribution in [1.29, 1.82) is 0 Å². The molecule has 0 aliphatic rings. The predicted molar refractivity (Wildman–Crippen MR) is 91.7 cm³/mol. The molecule has 0 radical (unpaired) electrons. The van der Waals surface area contributed by atoms with Crippen LogP contribution in [0.4, 0.5) is 0 Å². The molecule has 0 fully saturated rings. The van der Waals surface area contributed by atoms with Crippen LogP contribution in [0.2, 0.25) is 0 Å². The summed E-state index contributed by atoms with van der Waals surface area (Å²) in [4.78, 5) is 4.43. The van der Waals surface area contributed by atoms with Gasteiger partial charge in [0.25, 0.3) is 0 Å². The fourth-order valence-electron chi connectivity index (χ4n) is 1.65. The molecule has 1 aromatic rings. The third-order valence-electron chi connectivity index (χ3n) is 2.96. The highest BCUT2D eigenvalue weighted by molar-refractivity contribution is 7.89. The Morgan fingerprint density at radius 1 is 1.30 bits per heavy atom. The number of guanidine groups is 1. The Labute approximate surface area is 138 Å². The fraction of sp³-hybridized carbons (Fsp3) is 0.533. The average molecular weight is 342 g/mol. The maximum absolute atomic E-state index is 12.1. The molecule has 0 bridgehead atoms. The number of ether oxygens (including phenoxy) is 1. The van der Waals surface area contributed by atoms with Crippen molar-refractivity contribution in [2.75, 3.05) is 26.8 Å². The van der Waals surface area contributed by atoms with E-state index in [9.17, 15) is 8.42 Å². The number of nitrogens with one attached hydrogen (secondary N) is 2. The smallest absolute Gasteiger partial charge is 0.240 e. The Morgan fingerprint density at radius 3 is 2.52 bits per heavy atom. The monoisotopic (exact) mass is 342 g/mol. The fourth-order valence-corrected chi connectivity index (χ4v) is 2.86. The summed E-state index contributed by atoms with van der Waals surface area (Å²) < 4.78 is 31.6. The summed E-state index contributed by atoms with van der Waals surface area (Å²) in [5.74, 6) is 0.587. The Hall–Kier alpha value is -1.64. The molecule has 4 N–H and O–H groups in total. The van der Waals surface area contributed by atoms with Crippen molar-refractivity contribution in [3.63, 3.8) is 0 Å². The van der Waals surface area contributed by atoms with Gasteiger partial charge in [0.15, 0.2) is 5.96 Å². The number of methoxy groups -OCH3 is 1. The van der Waals surface area contributed by atoms with Crippen LogP contribution >= 0.6 is 0 Å². The van der Waals surface area contributed by atoms with Gasteiger partial charge in [0, 0.05) is 20.2 Å². The van der Waals surface area contributed by atoms with Crippen molar-refractivity contribution in [1.82, 2.24) is 10.0 Å². The van der Waals surface area contributed by atoms with Crippen LogP contribution in [0.15, 0.2) is 34.2 Å². The maximum atomic E-state index is 12.1. The molecule has 7 nitrogen and oxygen atoms in total. The molecule has 1 aromatic carbocycles. The Kier molecular flexibility index (Phi) is 8.01. The first-order chi connectivity index (χ1) is 10.8. The lowest BCUT2D eigenvalue weighted by Gasteiger charge is -2.09. The number of nitrogens with zero attached hydrogens (tertiary/aromatic N) is 1. The van der Waals surface area contributed by atoms with Gasteiger partial charge in [0.05, 0.1) is 18.0 Å². The topological polar surface area (TPSA) is 106 Å². The quantitative estimate of drug-likeness (QED) is 0.347.